The van der Waals surface area contributed by atoms with Crippen LogP contribution in [0.2, 0.25) is 0 Å². The Balaban J connectivity index is 1.32. The molecular formula is C25H26N4O2S. The molecule has 0 bridgehead atoms. The summed E-state index contributed by atoms with van der Waals surface area (Å²) in [7, 11) is 0. The number of thioether (sulfide) groups is 1. The molecule has 1 atom stereocenters. The molecule has 2 heterocycles. The molecule has 164 valence electrons. The van der Waals surface area contributed by atoms with E-state index >= 15 is 0 Å². The molecule has 0 saturated heterocycles. The van der Waals surface area contributed by atoms with Crippen molar-refractivity contribution in [3.63, 3.8) is 0 Å². The zero-order valence-electron chi connectivity index (χ0n) is 18.0. The number of hydrogen-bond acceptors (Lipinski definition) is 6. The summed E-state index contributed by atoms with van der Waals surface area (Å²) in [5.41, 5.74) is 3.28. The first kappa shape index (κ1) is 22.0. The largest absolute Gasteiger partial charge is 0.491 e. The van der Waals surface area contributed by atoms with E-state index in [0.29, 0.717) is 5.75 Å². The molecule has 0 aliphatic carbocycles. The van der Waals surface area contributed by atoms with Crippen LogP contribution >= 0.6 is 11.8 Å². The number of aromatic nitrogens is 4. The second-order valence-electron chi connectivity index (χ2n) is 7.36. The fourth-order valence-corrected chi connectivity index (χ4v) is 4.19. The van der Waals surface area contributed by atoms with Gasteiger partial charge in [-0.25, -0.2) is 0 Å². The highest BCUT2D eigenvalue weighted by atomic mass is 32.2. The summed E-state index contributed by atoms with van der Waals surface area (Å²) in [6.07, 6.45) is 3.85. The van der Waals surface area contributed by atoms with Crippen molar-refractivity contribution in [3.05, 3.63) is 79.1 Å². The minimum absolute atomic E-state index is 0.219. The first-order chi connectivity index (χ1) is 15.7. The summed E-state index contributed by atoms with van der Waals surface area (Å²) in [6, 6.07) is 22.0. The van der Waals surface area contributed by atoms with Gasteiger partial charge in [-0.2, -0.15) is 0 Å². The van der Waals surface area contributed by atoms with Gasteiger partial charge in [0.2, 0.25) is 0 Å². The van der Waals surface area contributed by atoms with Gasteiger partial charge in [0.15, 0.2) is 11.0 Å². The molecule has 32 heavy (non-hydrogen) atoms. The van der Waals surface area contributed by atoms with E-state index in [0.717, 1.165) is 46.4 Å². The summed E-state index contributed by atoms with van der Waals surface area (Å²) in [4.78, 5) is 4.07. The Hall–Kier alpha value is -3.16. The van der Waals surface area contributed by atoms with Crippen molar-refractivity contribution in [1.29, 1.82) is 0 Å². The molecule has 0 saturated carbocycles. The lowest BCUT2D eigenvalue weighted by atomic mass is 10.1. The van der Waals surface area contributed by atoms with Crippen molar-refractivity contribution in [2.45, 2.75) is 31.1 Å². The molecule has 0 aliphatic rings. The lowest BCUT2D eigenvalue weighted by Crippen LogP contribution is -2.20. The maximum absolute atomic E-state index is 10.4. The van der Waals surface area contributed by atoms with Crippen LogP contribution in [0.3, 0.4) is 0 Å². The molecule has 0 spiro atoms. The molecule has 0 fully saturated rings. The molecule has 2 aromatic heterocycles. The summed E-state index contributed by atoms with van der Waals surface area (Å²) >= 11 is 1.49. The Bertz CT molecular complexity index is 1100. The van der Waals surface area contributed by atoms with E-state index < -0.39 is 6.10 Å². The highest BCUT2D eigenvalue weighted by molar-refractivity contribution is 7.99. The molecule has 4 rings (SSSR count). The van der Waals surface area contributed by atoms with Gasteiger partial charge < -0.3 is 14.4 Å². The van der Waals surface area contributed by atoms with Gasteiger partial charge in [-0.1, -0.05) is 61.2 Å². The zero-order valence-corrected chi connectivity index (χ0v) is 18.8. The molecule has 0 aliphatic heterocycles. The second-order valence-corrected chi connectivity index (χ2v) is 8.35. The minimum atomic E-state index is -0.620. The first-order valence-corrected chi connectivity index (χ1v) is 11.7. The lowest BCUT2D eigenvalue weighted by molar-refractivity contribution is 0.126. The van der Waals surface area contributed by atoms with E-state index in [9.17, 15) is 5.11 Å². The van der Waals surface area contributed by atoms with Crippen molar-refractivity contribution in [3.8, 4) is 28.3 Å². The van der Waals surface area contributed by atoms with Gasteiger partial charge in [0, 0.05) is 30.3 Å². The fraction of sp³-hybridized carbons (Fsp3) is 0.240. The number of aliphatic hydroxyl groups is 1. The number of rotatable bonds is 10. The summed E-state index contributed by atoms with van der Waals surface area (Å²) in [6.45, 7) is 3.15. The minimum Gasteiger partial charge on any atom is -0.491 e. The van der Waals surface area contributed by atoms with Crippen LogP contribution < -0.4 is 4.74 Å². The number of aliphatic hydroxyl groups excluding tert-OH is 1. The molecule has 7 heteroatoms. The van der Waals surface area contributed by atoms with Crippen LogP contribution in [0.25, 0.3) is 22.5 Å². The van der Waals surface area contributed by atoms with Crippen molar-refractivity contribution in [1.82, 2.24) is 19.7 Å². The van der Waals surface area contributed by atoms with Crippen LogP contribution in [0.5, 0.6) is 5.75 Å². The number of nitrogens with zero attached hydrogens (tertiary/aromatic N) is 4. The monoisotopic (exact) mass is 446 g/mol. The summed E-state index contributed by atoms with van der Waals surface area (Å²) in [5.74, 6) is 2.03. The third-order valence-electron chi connectivity index (χ3n) is 4.91. The van der Waals surface area contributed by atoms with E-state index in [1.807, 2.05) is 54.6 Å². The molecule has 6 nitrogen and oxygen atoms in total. The Morgan fingerprint density at radius 2 is 1.62 bits per heavy atom. The summed E-state index contributed by atoms with van der Waals surface area (Å²) in [5, 5.41) is 19.9. The predicted octanol–water partition coefficient (Wildman–Crippen LogP) is 4.95. The number of hydrogen-bond donors (Lipinski definition) is 1. The fourth-order valence-electron chi connectivity index (χ4n) is 3.32. The average Bonchev–Trinajstić information content (AvgIpc) is 3.25. The van der Waals surface area contributed by atoms with Crippen molar-refractivity contribution >= 4 is 11.8 Å². The molecule has 1 N–H and O–H groups in total. The number of pyridine rings is 1. The average molecular weight is 447 g/mol. The molecule has 0 radical (unpaired) electrons. The maximum Gasteiger partial charge on any atom is 0.191 e. The van der Waals surface area contributed by atoms with Gasteiger partial charge in [0.25, 0.3) is 0 Å². The molecule has 1 unspecified atom stereocenters. The Morgan fingerprint density at radius 1 is 0.906 bits per heavy atom. The molecule has 2 aromatic carbocycles. The number of ether oxygens (including phenoxy) is 1. The predicted molar refractivity (Wildman–Crippen MR) is 128 cm³/mol. The van der Waals surface area contributed by atoms with Gasteiger partial charge in [0.1, 0.15) is 12.4 Å². The molecule has 0 amide bonds. The normalized spacial score (nSPS) is 11.9. The molecule has 4 aromatic rings. The van der Waals surface area contributed by atoms with Crippen LogP contribution in [-0.2, 0) is 6.54 Å². The van der Waals surface area contributed by atoms with Gasteiger partial charge in [0.05, 0.1) is 6.10 Å². The van der Waals surface area contributed by atoms with Crippen molar-refractivity contribution < 1.29 is 9.84 Å². The third-order valence-corrected chi connectivity index (χ3v) is 6.02. The Morgan fingerprint density at radius 3 is 2.34 bits per heavy atom. The first-order valence-electron chi connectivity index (χ1n) is 10.7. The van der Waals surface area contributed by atoms with E-state index in [4.69, 9.17) is 4.74 Å². The third kappa shape index (κ3) is 5.55. The van der Waals surface area contributed by atoms with Gasteiger partial charge in [-0.3, -0.25) is 4.98 Å². The summed E-state index contributed by atoms with van der Waals surface area (Å²) < 4.78 is 7.88. The van der Waals surface area contributed by atoms with Crippen LogP contribution in [0.4, 0.5) is 0 Å². The van der Waals surface area contributed by atoms with Crippen LogP contribution in [-0.4, -0.2) is 43.3 Å². The standard InChI is InChI=1S/C25H26N4O2S/c1-2-16-29-24(21-12-14-26-15-13-21)27-28-25(29)32-18-22(30)17-31-23-10-8-20(9-11-23)19-6-4-3-5-7-19/h3-15,22,30H,2,16-18H2,1H3. The highest BCUT2D eigenvalue weighted by Gasteiger charge is 2.16. The Kier molecular flexibility index (Phi) is 7.53. The van der Waals surface area contributed by atoms with E-state index in [2.05, 4.69) is 38.8 Å². The molecular weight excluding hydrogens is 420 g/mol. The van der Waals surface area contributed by atoms with Crippen LogP contribution in [0.1, 0.15) is 13.3 Å². The van der Waals surface area contributed by atoms with E-state index in [1.54, 1.807) is 12.4 Å². The maximum atomic E-state index is 10.4. The van der Waals surface area contributed by atoms with Gasteiger partial charge in [-0.05, 0) is 41.8 Å². The second kappa shape index (κ2) is 10.9. The number of benzene rings is 2. The quantitative estimate of drug-likeness (QED) is 0.348. The van der Waals surface area contributed by atoms with E-state index in [-0.39, 0.29) is 6.61 Å². The van der Waals surface area contributed by atoms with E-state index in [1.165, 1.54) is 11.8 Å². The van der Waals surface area contributed by atoms with Crippen LogP contribution in [0.15, 0.2) is 84.3 Å². The van der Waals surface area contributed by atoms with Crippen molar-refractivity contribution in [2.24, 2.45) is 0 Å². The van der Waals surface area contributed by atoms with Crippen LogP contribution in [0, 0.1) is 0 Å². The smallest absolute Gasteiger partial charge is 0.191 e. The topological polar surface area (TPSA) is 73.1 Å². The highest BCUT2D eigenvalue weighted by Crippen LogP contribution is 2.25. The van der Waals surface area contributed by atoms with Crippen molar-refractivity contribution in [2.75, 3.05) is 12.4 Å². The van der Waals surface area contributed by atoms with Gasteiger partial charge >= 0.3 is 0 Å². The van der Waals surface area contributed by atoms with Gasteiger partial charge in [-0.15, -0.1) is 10.2 Å². The lowest BCUT2D eigenvalue weighted by Gasteiger charge is -2.13. The zero-order chi connectivity index (χ0) is 22.2. The Labute approximate surface area is 192 Å². The SMILES string of the molecule is CCCn1c(SCC(O)COc2ccc(-c3ccccc3)cc2)nnc1-c1ccncc1.